The Hall–Kier alpha value is -2.30. The SMILES string of the molecule is C=C(Cc1ccccc1)N1CCC(C(N)Cc2cccc(Cl)c2)CC1.O=CO. The Bertz CT molecular complexity index is 743. The molecule has 1 aliphatic heterocycles. The lowest BCUT2D eigenvalue weighted by atomic mass is 9.86. The van der Waals surface area contributed by atoms with Crippen LogP contribution in [0, 0.1) is 5.92 Å². The minimum Gasteiger partial charge on any atom is -0.483 e. The van der Waals surface area contributed by atoms with E-state index in [9.17, 15) is 0 Å². The van der Waals surface area contributed by atoms with Crippen molar-refractivity contribution in [2.24, 2.45) is 11.7 Å². The van der Waals surface area contributed by atoms with E-state index in [0.717, 1.165) is 43.8 Å². The summed E-state index contributed by atoms with van der Waals surface area (Å²) in [5.74, 6) is 0.569. The fourth-order valence-corrected chi connectivity index (χ4v) is 3.90. The first-order chi connectivity index (χ1) is 13.5. The summed E-state index contributed by atoms with van der Waals surface area (Å²) in [4.78, 5) is 10.8. The fraction of sp³-hybridized carbons (Fsp3) is 0.348. The van der Waals surface area contributed by atoms with Gasteiger partial charge in [0.15, 0.2) is 0 Å². The summed E-state index contributed by atoms with van der Waals surface area (Å²) in [7, 11) is 0. The Kier molecular flexibility index (Phi) is 9.05. The summed E-state index contributed by atoms with van der Waals surface area (Å²) >= 11 is 6.08. The molecular formula is C23H29ClN2O2. The first kappa shape index (κ1) is 22.0. The third-order valence-electron chi connectivity index (χ3n) is 5.20. The molecule has 4 nitrogen and oxygen atoms in total. The second-order valence-corrected chi connectivity index (χ2v) is 7.59. The van der Waals surface area contributed by atoms with Crippen molar-refractivity contribution in [2.45, 2.75) is 31.7 Å². The summed E-state index contributed by atoms with van der Waals surface area (Å²) < 4.78 is 0. The van der Waals surface area contributed by atoms with Crippen LogP contribution in [0.1, 0.15) is 24.0 Å². The van der Waals surface area contributed by atoms with Gasteiger partial charge in [-0.25, -0.2) is 0 Å². The van der Waals surface area contributed by atoms with E-state index in [-0.39, 0.29) is 12.5 Å². The highest BCUT2D eigenvalue weighted by Gasteiger charge is 2.25. The maximum Gasteiger partial charge on any atom is 0.290 e. The lowest BCUT2D eigenvalue weighted by Gasteiger charge is -2.37. The smallest absolute Gasteiger partial charge is 0.290 e. The molecular weight excluding hydrogens is 372 g/mol. The van der Waals surface area contributed by atoms with E-state index in [2.05, 4.69) is 47.9 Å². The predicted octanol–water partition coefficient (Wildman–Crippen LogP) is 4.38. The van der Waals surface area contributed by atoms with Gasteiger partial charge >= 0.3 is 0 Å². The zero-order valence-corrected chi connectivity index (χ0v) is 16.9. The molecule has 2 aromatic rings. The number of hydrogen-bond donors (Lipinski definition) is 2. The second-order valence-electron chi connectivity index (χ2n) is 7.16. The van der Waals surface area contributed by atoms with Crippen LogP contribution >= 0.6 is 11.6 Å². The van der Waals surface area contributed by atoms with Crippen molar-refractivity contribution in [2.75, 3.05) is 13.1 Å². The average molecular weight is 401 g/mol. The van der Waals surface area contributed by atoms with Crippen LogP contribution in [0.15, 0.2) is 66.9 Å². The van der Waals surface area contributed by atoms with Crippen molar-refractivity contribution in [3.8, 4) is 0 Å². The van der Waals surface area contributed by atoms with Crippen LogP contribution in [0.5, 0.6) is 0 Å². The van der Waals surface area contributed by atoms with Gasteiger partial charge in [0.25, 0.3) is 6.47 Å². The molecule has 1 aliphatic rings. The van der Waals surface area contributed by atoms with Crippen molar-refractivity contribution in [1.82, 2.24) is 4.90 Å². The summed E-state index contributed by atoms with van der Waals surface area (Å²) in [5, 5.41) is 7.68. The van der Waals surface area contributed by atoms with Crippen LogP contribution < -0.4 is 5.73 Å². The molecule has 1 fully saturated rings. The van der Waals surface area contributed by atoms with E-state index in [1.165, 1.54) is 16.8 Å². The molecule has 2 aromatic carbocycles. The summed E-state index contributed by atoms with van der Waals surface area (Å²) in [6.07, 6.45) is 4.10. The Balaban J connectivity index is 0.000000878. The quantitative estimate of drug-likeness (QED) is 0.706. The van der Waals surface area contributed by atoms with Gasteiger partial charge in [-0.05, 0) is 48.4 Å². The number of allylic oxidation sites excluding steroid dienone is 1. The van der Waals surface area contributed by atoms with Crippen molar-refractivity contribution in [3.63, 3.8) is 0 Å². The van der Waals surface area contributed by atoms with E-state index in [1.807, 2.05) is 18.2 Å². The first-order valence-corrected chi connectivity index (χ1v) is 9.95. The van der Waals surface area contributed by atoms with Gasteiger partial charge < -0.3 is 15.7 Å². The number of carbonyl (C=O) groups is 1. The summed E-state index contributed by atoms with van der Waals surface area (Å²) in [5.41, 5.74) is 10.3. The van der Waals surface area contributed by atoms with Gasteiger partial charge in [0.2, 0.25) is 0 Å². The van der Waals surface area contributed by atoms with Crippen LogP contribution in [-0.2, 0) is 17.6 Å². The van der Waals surface area contributed by atoms with E-state index >= 15 is 0 Å². The Morgan fingerprint density at radius 2 is 1.79 bits per heavy atom. The van der Waals surface area contributed by atoms with Crippen molar-refractivity contribution >= 4 is 18.1 Å². The molecule has 5 heteroatoms. The maximum absolute atomic E-state index is 8.36. The molecule has 3 N–H and O–H groups in total. The molecule has 0 aliphatic carbocycles. The minimum atomic E-state index is -0.250. The molecule has 28 heavy (non-hydrogen) atoms. The fourth-order valence-electron chi connectivity index (χ4n) is 3.69. The molecule has 0 amide bonds. The van der Waals surface area contributed by atoms with Gasteiger partial charge in [0.1, 0.15) is 0 Å². The Labute approximate surface area is 172 Å². The number of rotatable bonds is 6. The number of halogens is 1. The minimum absolute atomic E-state index is 0.197. The van der Waals surface area contributed by atoms with Gasteiger partial charge in [0, 0.05) is 36.3 Å². The lowest BCUT2D eigenvalue weighted by molar-refractivity contribution is -0.122. The highest BCUT2D eigenvalue weighted by atomic mass is 35.5. The monoisotopic (exact) mass is 400 g/mol. The van der Waals surface area contributed by atoms with E-state index in [0.29, 0.717) is 5.92 Å². The predicted molar refractivity (Wildman–Crippen MR) is 115 cm³/mol. The molecule has 0 saturated carbocycles. The Morgan fingerprint density at radius 1 is 1.18 bits per heavy atom. The number of carboxylic acid groups (broad SMARTS) is 1. The summed E-state index contributed by atoms with van der Waals surface area (Å²) in [6.45, 7) is 6.16. The number of likely N-dealkylation sites (tertiary alicyclic amines) is 1. The van der Waals surface area contributed by atoms with Crippen LogP contribution in [0.3, 0.4) is 0 Å². The van der Waals surface area contributed by atoms with Gasteiger partial charge in [-0.15, -0.1) is 0 Å². The summed E-state index contributed by atoms with van der Waals surface area (Å²) in [6, 6.07) is 18.8. The largest absolute Gasteiger partial charge is 0.483 e. The zero-order valence-electron chi connectivity index (χ0n) is 16.1. The number of nitrogens with zero attached hydrogens (tertiary/aromatic N) is 1. The van der Waals surface area contributed by atoms with Crippen LogP contribution in [0.4, 0.5) is 0 Å². The number of hydrogen-bond acceptors (Lipinski definition) is 3. The molecule has 0 aromatic heterocycles. The molecule has 0 bridgehead atoms. The topological polar surface area (TPSA) is 66.6 Å². The van der Waals surface area contributed by atoms with Crippen LogP contribution in [-0.4, -0.2) is 35.6 Å². The molecule has 1 saturated heterocycles. The van der Waals surface area contributed by atoms with Crippen molar-refractivity contribution in [3.05, 3.63) is 83.0 Å². The van der Waals surface area contributed by atoms with E-state index < -0.39 is 0 Å². The van der Waals surface area contributed by atoms with Gasteiger partial charge in [-0.2, -0.15) is 0 Å². The van der Waals surface area contributed by atoms with E-state index in [4.69, 9.17) is 27.2 Å². The van der Waals surface area contributed by atoms with E-state index in [1.54, 1.807) is 0 Å². The normalized spacial score (nSPS) is 15.3. The van der Waals surface area contributed by atoms with Gasteiger partial charge in [-0.1, -0.05) is 60.6 Å². The molecule has 1 unspecified atom stereocenters. The third kappa shape index (κ3) is 7.02. The number of piperidine rings is 1. The molecule has 150 valence electrons. The average Bonchev–Trinajstić information content (AvgIpc) is 2.69. The standard InChI is InChI=1S/C22H27ClN2.CH2O2/c1-17(14-18-6-3-2-4-7-18)25-12-10-20(11-13-25)22(24)16-19-8-5-9-21(23)15-19;2-1-3/h2-9,15,20,22H,1,10-14,16,24H2;1H,(H,2,3). The molecule has 1 atom stereocenters. The Morgan fingerprint density at radius 3 is 2.39 bits per heavy atom. The molecule has 3 rings (SSSR count). The maximum atomic E-state index is 8.36. The van der Waals surface area contributed by atoms with Crippen molar-refractivity contribution < 1.29 is 9.90 Å². The van der Waals surface area contributed by atoms with Crippen molar-refractivity contribution in [1.29, 1.82) is 0 Å². The highest BCUT2D eigenvalue weighted by molar-refractivity contribution is 6.30. The number of nitrogens with two attached hydrogens (primary N) is 1. The van der Waals surface area contributed by atoms with Crippen LogP contribution in [0.2, 0.25) is 5.02 Å². The highest BCUT2D eigenvalue weighted by Crippen LogP contribution is 2.25. The lowest BCUT2D eigenvalue weighted by Crippen LogP contribution is -2.41. The van der Waals surface area contributed by atoms with Gasteiger partial charge in [-0.3, -0.25) is 4.79 Å². The first-order valence-electron chi connectivity index (χ1n) is 9.58. The molecule has 0 spiro atoms. The second kappa shape index (κ2) is 11.5. The zero-order chi connectivity index (χ0) is 20.4. The molecule has 1 heterocycles. The van der Waals surface area contributed by atoms with Crippen LogP contribution in [0.25, 0.3) is 0 Å². The van der Waals surface area contributed by atoms with Gasteiger partial charge in [0.05, 0.1) is 0 Å². The molecule has 0 radical (unpaired) electrons. The third-order valence-corrected chi connectivity index (χ3v) is 5.44. The number of benzene rings is 2.